The van der Waals surface area contributed by atoms with E-state index in [-0.39, 0.29) is 50.0 Å². The molecular formula is C89H96BN3O. The molecule has 9 aromatic carbocycles. The number of rotatable bonds is 7. The second-order valence-electron chi connectivity index (χ2n) is 35.1. The highest BCUT2D eigenvalue weighted by molar-refractivity contribution is 7.01. The molecule has 10 aromatic rings. The van der Waals surface area contributed by atoms with Crippen molar-refractivity contribution in [1.29, 1.82) is 0 Å². The first-order chi connectivity index (χ1) is 44.3. The van der Waals surface area contributed by atoms with E-state index < -0.39 is 0 Å². The Bertz CT molecular complexity index is 4700. The SMILES string of the molecule is Cc1cc(-c2cc(C(C)(C)C)cc(C(C)(C)C)c2)cc(C)c1N1c2cc3c(cc2B2c4c(cc(-c5ccc(N(c6ccccc6)c6ccccc6)cc5)cc41)N(c1ccc4c(c1)C(C)(C)CCC4(C)C)c1oc4cc5c(cc4c12)C1(C)CCC5(C)C1)C(C)(C)CCC3(C)C. The molecule has 0 radical (unpaired) electrons. The minimum atomic E-state index is -0.138. The van der Waals surface area contributed by atoms with Gasteiger partial charge in [0.25, 0.3) is 6.71 Å². The normalized spacial score (nSPS) is 20.7. The Morgan fingerprint density at radius 2 is 0.883 bits per heavy atom. The molecule has 4 nitrogen and oxygen atoms in total. The number of nitrogens with zero attached hydrogens (tertiary/aromatic N) is 3. The van der Waals surface area contributed by atoms with Gasteiger partial charge >= 0.3 is 0 Å². The summed E-state index contributed by atoms with van der Waals surface area (Å²) in [6.07, 6.45) is 8.18. The van der Waals surface area contributed by atoms with Crippen LogP contribution in [-0.2, 0) is 43.3 Å². The number of fused-ring (bicyclic) bond motifs is 13. The lowest BCUT2D eigenvalue weighted by Crippen LogP contribution is -2.61. The van der Waals surface area contributed by atoms with E-state index in [1.165, 1.54) is 136 Å². The monoisotopic (exact) mass is 1230 g/mol. The van der Waals surface area contributed by atoms with Crippen LogP contribution in [0.4, 0.5) is 51.4 Å². The molecule has 476 valence electrons. The Labute approximate surface area is 561 Å². The standard InChI is InChI=1S/C89H96BN3O/c1-54-41-57(58-43-60(82(3,4)5)47-61(44-58)83(6,7)8)42-55(2)80(54)93-74-51-70-69(86(13,14)37-38-87(70,15)16)50-73(74)90-78-66-49-71-72(89(18)40-39-88(71,17)53-89)52-77(66)94-81(78)92(65-33-34-67-68(48-65)85(11,12)36-35-84(67,9)10)75-45-59(46-76(93)79(75)90)56-29-31-64(32-30-56)91(62-25-21-19-22-26-62)63-27-23-20-24-28-63/h19-34,41-52H,35-40,53H2,1-18H3. The third-order valence-corrected chi connectivity index (χ3v) is 24.4. The largest absolute Gasteiger partial charge is 0.440 e. The van der Waals surface area contributed by atoms with Gasteiger partial charge in [-0.2, -0.15) is 0 Å². The molecule has 1 fully saturated rings. The van der Waals surface area contributed by atoms with Crippen molar-refractivity contribution in [1.82, 2.24) is 0 Å². The number of para-hydroxylation sites is 2. The summed E-state index contributed by atoms with van der Waals surface area (Å²) in [6, 6.07) is 66.6. The molecule has 0 amide bonds. The summed E-state index contributed by atoms with van der Waals surface area (Å²) in [6.45, 7) is 43.7. The predicted molar refractivity (Wildman–Crippen MR) is 402 cm³/mol. The van der Waals surface area contributed by atoms with E-state index in [1.54, 1.807) is 0 Å². The van der Waals surface area contributed by atoms with Crippen molar-refractivity contribution in [2.24, 2.45) is 0 Å². The van der Waals surface area contributed by atoms with Crippen LogP contribution >= 0.6 is 0 Å². The third kappa shape index (κ3) is 9.25. The molecule has 4 aliphatic carbocycles. The van der Waals surface area contributed by atoms with Gasteiger partial charge in [0.05, 0.1) is 5.69 Å². The Kier molecular flexibility index (Phi) is 13.1. The lowest BCUT2D eigenvalue weighted by molar-refractivity contribution is 0.332. The number of hydrogen-bond acceptors (Lipinski definition) is 4. The number of hydrogen-bond donors (Lipinski definition) is 0. The molecule has 1 aromatic heterocycles. The molecule has 5 heteroatoms. The zero-order chi connectivity index (χ0) is 65.9. The summed E-state index contributed by atoms with van der Waals surface area (Å²) >= 11 is 0. The van der Waals surface area contributed by atoms with Crippen LogP contribution in [0.3, 0.4) is 0 Å². The smallest absolute Gasteiger partial charge is 0.257 e. The van der Waals surface area contributed by atoms with E-state index in [4.69, 9.17) is 4.42 Å². The highest BCUT2D eigenvalue weighted by Crippen LogP contribution is 2.62. The minimum absolute atomic E-state index is 0.0150. The molecule has 16 rings (SSSR count). The van der Waals surface area contributed by atoms with Gasteiger partial charge in [-0.1, -0.05) is 190 Å². The summed E-state index contributed by atoms with van der Waals surface area (Å²) in [5.74, 6) is 0.951. The lowest BCUT2D eigenvalue weighted by Gasteiger charge is -2.47. The van der Waals surface area contributed by atoms with Gasteiger partial charge < -0.3 is 14.2 Å². The van der Waals surface area contributed by atoms with E-state index in [0.29, 0.717) is 0 Å². The van der Waals surface area contributed by atoms with Crippen LogP contribution in [0.1, 0.15) is 211 Å². The molecule has 3 heterocycles. The molecule has 94 heavy (non-hydrogen) atoms. The topological polar surface area (TPSA) is 22.9 Å². The minimum Gasteiger partial charge on any atom is -0.440 e. The van der Waals surface area contributed by atoms with Gasteiger partial charge in [0.1, 0.15) is 5.58 Å². The van der Waals surface area contributed by atoms with Gasteiger partial charge in [-0.3, -0.25) is 4.90 Å². The van der Waals surface area contributed by atoms with E-state index in [9.17, 15) is 0 Å². The van der Waals surface area contributed by atoms with Crippen LogP contribution in [-0.4, -0.2) is 6.71 Å². The zero-order valence-corrected chi connectivity index (χ0v) is 59.4. The second-order valence-corrected chi connectivity index (χ2v) is 35.1. The molecule has 2 atom stereocenters. The van der Waals surface area contributed by atoms with Gasteiger partial charge in [-0.15, -0.1) is 0 Å². The van der Waals surface area contributed by atoms with Gasteiger partial charge in [0, 0.05) is 50.7 Å². The zero-order valence-electron chi connectivity index (χ0n) is 59.4. The van der Waals surface area contributed by atoms with Crippen molar-refractivity contribution in [3.63, 3.8) is 0 Å². The highest BCUT2D eigenvalue weighted by Gasteiger charge is 2.55. The predicted octanol–water partition coefficient (Wildman–Crippen LogP) is 22.9. The van der Waals surface area contributed by atoms with E-state index in [0.717, 1.165) is 65.5 Å². The van der Waals surface area contributed by atoms with Crippen LogP contribution in [0.25, 0.3) is 33.2 Å². The number of furan rings is 1. The second kappa shape index (κ2) is 20.3. The number of aryl methyl sites for hydroxylation is 2. The maximum absolute atomic E-state index is 7.90. The molecule has 2 bridgehead atoms. The first kappa shape index (κ1) is 60.9. The summed E-state index contributed by atoms with van der Waals surface area (Å²) in [7, 11) is 0. The molecule has 6 aliphatic rings. The fraction of sp³-hybridized carbons (Fsp3) is 0.371. The third-order valence-electron chi connectivity index (χ3n) is 24.4. The molecule has 2 aliphatic heterocycles. The first-order valence-electron chi connectivity index (χ1n) is 35.3. The van der Waals surface area contributed by atoms with Crippen molar-refractivity contribution >= 4 is 85.5 Å². The molecule has 0 saturated heterocycles. The molecule has 2 unspecified atom stereocenters. The van der Waals surface area contributed by atoms with Gasteiger partial charge in [0.2, 0.25) is 5.88 Å². The van der Waals surface area contributed by atoms with Crippen LogP contribution in [0.5, 0.6) is 0 Å². The van der Waals surface area contributed by atoms with Gasteiger partial charge in [-0.25, -0.2) is 0 Å². The van der Waals surface area contributed by atoms with Crippen molar-refractivity contribution < 1.29 is 4.42 Å². The maximum atomic E-state index is 7.90. The fourth-order valence-electron chi connectivity index (χ4n) is 18.6. The quantitative estimate of drug-likeness (QED) is 0.148. The number of benzene rings is 9. The average molecular weight is 1230 g/mol. The Hall–Kier alpha value is -8.02. The van der Waals surface area contributed by atoms with Gasteiger partial charge in [-0.05, 0) is 282 Å². The average Bonchev–Trinajstić information content (AvgIpc) is 1.27. The summed E-state index contributed by atoms with van der Waals surface area (Å²) in [5, 5.41) is 1.26. The van der Waals surface area contributed by atoms with Crippen molar-refractivity contribution in [3.8, 4) is 22.3 Å². The van der Waals surface area contributed by atoms with E-state index in [1.807, 2.05) is 0 Å². The highest BCUT2D eigenvalue weighted by atomic mass is 16.4. The Morgan fingerprint density at radius 3 is 1.44 bits per heavy atom. The van der Waals surface area contributed by atoms with Crippen molar-refractivity contribution in [2.45, 2.75) is 213 Å². The lowest BCUT2D eigenvalue weighted by atomic mass is 9.33. The molecule has 0 N–H and O–H groups in total. The van der Waals surface area contributed by atoms with Crippen molar-refractivity contribution in [2.75, 3.05) is 14.7 Å². The fourth-order valence-corrected chi connectivity index (χ4v) is 18.6. The van der Waals surface area contributed by atoms with Crippen molar-refractivity contribution in [3.05, 3.63) is 225 Å². The first-order valence-corrected chi connectivity index (χ1v) is 35.3. The van der Waals surface area contributed by atoms with Crippen LogP contribution in [0, 0.1) is 13.8 Å². The van der Waals surface area contributed by atoms with E-state index in [2.05, 4.69) is 309 Å². The van der Waals surface area contributed by atoms with E-state index >= 15 is 0 Å². The molecule has 0 spiro atoms. The summed E-state index contributed by atoms with van der Waals surface area (Å²) in [5.41, 5.74) is 33.6. The maximum Gasteiger partial charge on any atom is 0.257 e. The van der Waals surface area contributed by atoms with Crippen LogP contribution in [0.2, 0.25) is 0 Å². The van der Waals surface area contributed by atoms with Gasteiger partial charge in [0.15, 0.2) is 0 Å². The summed E-state index contributed by atoms with van der Waals surface area (Å²) < 4.78 is 7.90. The number of anilines is 9. The Balaban J connectivity index is 1.02. The molecule has 1 saturated carbocycles. The van der Waals surface area contributed by atoms with Crippen LogP contribution < -0.4 is 31.1 Å². The summed E-state index contributed by atoms with van der Waals surface area (Å²) in [4.78, 5) is 7.73. The molecular weight excluding hydrogens is 1140 g/mol. The van der Waals surface area contributed by atoms with Crippen LogP contribution in [0.15, 0.2) is 174 Å². The Morgan fingerprint density at radius 1 is 0.404 bits per heavy atom.